The number of carbonyl (C=O) groups is 1. The summed E-state index contributed by atoms with van der Waals surface area (Å²) in [6.45, 7) is 13.8. The topological polar surface area (TPSA) is 51.2 Å². The number of carbonyl (C=O) groups excluding carboxylic acids is 1. The van der Waals surface area contributed by atoms with Gasteiger partial charge in [0, 0.05) is 25.2 Å². The fraction of sp³-hybridized carbons (Fsp3) is 0.650. The van der Waals surface area contributed by atoms with Gasteiger partial charge in [0.2, 0.25) is 5.75 Å². The molecule has 0 atom stereocenters. The molecule has 0 aromatic heterocycles. The van der Waals surface area contributed by atoms with Gasteiger partial charge in [0.25, 0.3) is 5.91 Å². The predicted molar refractivity (Wildman–Crippen MR) is 103 cm³/mol. The molecule has 0 aliphatic carbocycles. The second kappa shape index (κ2) is 9.67. The summed E-state index contributed by atoms with van der Waals surface area (Å²) in [5.41, 5.74) is 0.575. The van der Waals surface area contributed by atoms with Crippen LogP contribution in [0.4, 0.5) is 0 Å². The minimum Gasteiger partial charge on any atom is -0.493 e. The van der Waals surface area contributed by atoms with E-state index in [9.17, 15) is 4.79 Å². The Labute approximate surface area is 157 Å². The number of methoxy groups -OCH3 is 1. The molecule has 0 saturated heterocycles. The molecule has 0 N–H and O–H groups in total. The monoisotopic (exact) mass is 364 g/mol. The van der Waals surface area contributed by atoms with Crippen molar-refractivity contribution in [3.63, 3.8) is 0 Å². The van der Waals surface area contributed by atoms with Crippen molar-refractivity contribution >= 4 is 5.91 Å². The maximum atomic E-state index is 13.2. The summed E-state index contributed by atoms with van der Waals surface area (Å²) in [5, 5.41) is 0. The van der Waals surface area contributed by atoms with Crippen molar-refractivity contribution in [2.24, 2.45) is 5.92 Å². The molecule has 0 unspecified atom stereocenters. The van der Waals surface area contributed by atoms with Gasteiger partial charge in [-0.3, -0.25) is 4.79 Å². The van der Waals surface area contributed by atoms with Crippen LogP contribution in [0.3, 0.4) is 0 Å². The van der Waals surface area contributed by atoms with E-state index in [4.69, 9.17) is 14.2 Å². The van der Waals surface area contributed by atoms with Crippen LogP contribution < -0.4 is 14.2 Å². The number of ether oxygens (including phenoxy) is 3. The largest absolute Gasteiger partial charge is 0.493 e. The molecule has 0 fully saturated rings. The van der Waals surface area contributed by atoms with Gasteiger partial charge in [0.05, 0.1) is 7.11 Å². The summed E-state index contributed by atoms with van der Waals surface area (Å²) in [7, 11) is 1.58. The molecule has 1 aromatic rings. The summed E-state index contributed by atoms with van der Waals surface area (Å²) in [5.74, 6) is 2.09. The van der Waals surface area contributed by atoms with Crippen LogP contribution >= 0.6 is 0 Å². The van der Waals surface area contributed by atoms with Crippen LogP contribution in [0.25, 0.3) is 0 Å². The highest BCUT2D eigenvalue weighted by molar-refractivity contribution is 5.95. The first-order valence-corrected chi connectivity index (χ1v) is 9.49. The lowest BCUT2D eigenvalue weighted by Gasteiger charge is -2.28. The maximum Gasteiger partial charge on any atom is 0.254 e. The molecule has 0 saturated carbocycles. The van der Waals surface area contributed by atoms with Crippen LogP contribution in [0, 0.1) is 5.92 Å². The van der Waals surface area contributed by atoms with E-state index in [1.807, 2.05) is 4.90 Å². The summed E-state index contributed by atoms with van der Waals surface area (Å²) >= 11 is 0. The van der Waals surface area contributed by atoms with Gasteiger partial charge in [-0.1, -0.05) is 27.7 Å². The van der Waals surface area contributed by atoms with Gasteiger partial charge in [-0.2, -0.15) is 0 Å². The fourth-order valence-corrected chi connectivity index (χ4v) is 3.10. The van der Waals surface area contributed by atoms with E-state index in [2.05, 4.69) is 32.6 Å². The van der Waals surface area contributed by atoms with E-state index in [1.165, 1.54) is 0 Å². The lowest BCUT2D eigenvalue weighted by atomic mass is 10.1. The molecule has 6 heteroatoms. The molecule has 6 nitrogen and oxygen atoms in total. The zero-order valence-electron chi connectivity index (χ0n) is 16.7. The second-order valence-electron chi connectivity index (χ2n) is 6.87. The molecule has 0 spiro atoms. The van der Waals surface area contributed by atoms with Gasteiger partial charge in [-0.25, -0.2) is 0 Å². The van der Waals surface area contributed by atoms with Crippen molar-refractivity contribution < 1.29 is 19.0 Å². The number of benzene rings is 1. The number of hydrogen-bond acceptors (Lipinski definition) is 5. The Kier molecular flexibility index (Phi) is 7.57. The van der Waals surface area contributed by atoms with E-state index in [-0.39, 0.29) is 5.91 Å². The second-order valence-corrected chi connectivity index (χ2v) is 6.87. The van der Waals surface area contributed by atoms with Crippen LogP contribution in [-0.2, 0) is 0 Å². The first kappa shape index (κ1) is 20.4. The third-order valence-electron chi connectivity index (χ3n) is 4.53. The highest BCUT2D eigenvalue weighted by Gasteiger charge is 2.24. The summed E-state index contributed by atoms with van der Waals surface area (Å²) < 4.78 is 16.7. The minimum absolute atomic E-state index is 0.00105. The van der Waals surface area contributed by atoms with Crippen LogP contribution in [0.2, 0.25) is 0 Å². The third-order valence-corrected chi connectivity index (χ3v) is 4.53. The van der Waals surface area contributed by atoms with Crippen LogP contribution in [0.5, 0.6) is 17.2 Å². The number of amides is 1. The van der Waals surface area contributed by atoms with Gasteiger partial charge in [0.15, 0.2) is 11.5 Å². The Bertz CT molecular complexity index is 582. The molecule has 1 aliphatic heterocycles. The number of hydrogen-bond donors (Lipinski definition) is 0. The molecule has 26 heavy (non-hydrogen) atoms. The molecule has 2 rings (SSSR count). The first-order chi connectivity index (χ1) is 12.5. The van der Waals surface area contributed by atoms with Gasteiger partial charge in [-0.05, 0) is 31.1 Å². The van der Waals surface area contributed by atoms with Crippen molar-refractivity contribution in [3.8, 4) is 17.2 Å². The quantitative estimate of drug-likeness (QED) is 0.674. The zero-order chi connectivity index (χ0) is 19.1. The van der Waals surface area contributed by atoms with Crippen LogP contribution in [-0.4, -0.2) is 68.8 Å². The average Bonchev–Trinajstić information content (AvgIpc) is 2.66. The highest BCUT2D eigenvalue weighted by atomic mass is 16.6. The Morgan fingerprint density at radius 2 is 1.85 bits per heavy atom. The van der Waals surface area contributed by atoms with Gasteiger partial charge in [-0.15, -0.1) is 0 Å². The number of nitrogens with zero attached hydrogens (tertiary/aromatic N) is 2. The molecule has 146 valence electrons. The molecular formula is C20H32N2O4. The van der Waals surface area contributed by atoms with Gasteiger partial charge in [0.1, 0.15) is 13.2 Å². The molecule has 0 bridgehead atoms. The van der Waals surface area contributed by atoms with E-state index in [0.29, 0.717) is 48.5 Å². The van der Waals surface area contributed by atoms with Crippen molar-refractivity contribution in [3.05, 3.63) is 17.7 Å². The standard InChI is InChI=1S/C20H32N2O4/c1-6-21(7-2)8-9-22(14-15(3)4)20(23)16-12-17(24-5)19-18(13-16)25-10-11-26-19/h12-13,15H,6-11,14H2,1-5H3. The Morgan fingerprint density at radius 1 is 1.15 bits per heavy atom. The van der Waals surface area contributed by atoms with Crippen molar-refractivity contribution in [2.75, 3.05) is 53.0 Å². The van der Waals surface area contributed by atoms with Gasteiger partial charge >= 0.3 is 0 Å². The Balaban J connectivity index is 2.23. The fourth-order valence-electron chi connectivity index (χ4n) is 3.10. The number of rotatable bonds is 9. The van der Waals surface area contributed by atoms with Crippen molar-refractivity contribution in [1.82, 2.24) is 9.80 Å². The zero-order valence-corrected chi connectivity index (χ0v) is 16.7. The lowest BCUT2D eigenvalue weighted by Crippen LogP contribution is -2.40. The third kappa shape index (κ3) is 5.04. The van der Waals surface area contributed by atoms with E-state index in [0.717, 1.165) is 26.2 Å². The van der Waals surface area contributed by atoms with E-state index in [1.54, 1.807) is 19.2 Å². The summed E-state index contributed by atoms with van der Waals surface area (Å²) in [6.07, 6.45) is 0. The van der Waals surface area contributed by atoms with E-state index < -0.39 is 0 Å². The molecule has 1 aromatic carbocycles. The SMILES string of the molecule is CCN(CC)CCN(CC(C)C)C(=O)c1cc(OC)c2c(c1)OCCO2. The molecule has 0 radical (unpaired) electrons. The highest BCUT2D eigenvalue weighted by Crippen LogP contribution is 2.40. The predicted octanol–water partition coefficient (Wildman–Crippen LogP) is 2.91. The van der Waals surface area contributed by atoms with Crippen molar-refractivity contribution in [2.45, 2.75) is 27.7 Å². The van der Waals surface area contributed by atoms with Crippen LogP contribution in [0.15, 0.2) is 12.1 Å². The Morgan fingerprint density at radius 3 is 2.46 bits per heavy atom. The summed E-state index contributed by atoms with van der Waals surface area (Å²) in [4.78, 5) is 17.4. The smallest absolute Gasteiger partial charge is 0.254 e. The van der Waals surface area contributed by atoms with E-state index >= 15 is 0 Å². The number of fused-ring (bicyclic) bond motifs is 1. The molecular weight excluding hydrogens is 332 g/mol. The normalized spacial score (nSPS) is 13.2. The summed E-state index contributed by atoms with van der Waals surface area (Å²) in [6, 6.07) is 3.52. The minimum atomic E-state index is 0.00105. The molecule has 1 aliphatic rings. The van der Waals surface area contributed by atoms with Crippen LogP contribution in [0.1, 0.15) is 38.1 Å². The molecule has 1 amide bonds. The van der Waals surface area contributed by atoms with Gasteiger partial charge < -0.3 is 24.0 Å². The molecule has 1 heterocycles. The first-order valence-electron chi connectivity index (χ1n) is 9.49. The number of likely N-dealkylation sites (N-methyl/N-ethyl adjacent to an activating group) is 1. The maximum absolute atomic E-state index is 13.2. The average molecular weight is 364 g/mol. The Hall–Kier alpha value is -1.95. The van der Waals surface area contributed by atoms with Crippen molar-refractivity contribution in [1.29, 1.82) is 0 Å². The lowest BCUT2D eigenvalue weighted by molar-refractivity contribution is 0.0714.